The van der Waals surface area contributed by atoms with Gasteiger partial charge in [-0.05, 0) is 65.0 Å². The third kappa shape index (κ3) is 11.9. The van der Waals surface area contributed by atoms with E-state index in [9.17, 15) is 29.4 Å². The number of ether oxygens (including phenoxy) is 1. The average molecular weight is 585 g/mol. The van der Waals surface area contributed by atoms with Crippen molar-refractivity contribution in [2.24, 2.45) is 11.7 Å². The molecule has 0 heterocycles. The summed E-state index contributed by atoms with van der Waals surface area (Å²) in [6.07, 6.45) is -2.59. The average Bonchev–Trinajstić information content (AvgIpc) is 2.90. The molecule has 0 aromatic heterocycles. The number of carbonyl (C=O) groups is 4. The van der Waals surface area contributed by atoms with Gasteiger partial charge in [0.05, 0.1) is 18.2 Å². The van der Waals surface area contributed by atoms with Crippen molar-refractivity contribution in [3.63, 3.8) is 0 Å². The van der Waals surface area contributed by atoms with Crippen LogP contribution in [0.5, 0.6) is 0 Å². The van der Waals surface area contributed by atoms with Gasteiger partial charge >= 0.3 is 6.09 Å². The number of aliphatic hydroxyl groups is 2. The number of hydrogen-bond acceptors (Lipinski definition) is 7. The van der Waals surface area contributed by atoms with Gasteiger partial charge in [0, 0.05) is 5.92 Å². The van der Waals surface area contributed by atoms with Crippen LogP contribution in [0.1, 0.15) is 52.2 Å². The summed E-state index contributed by atoms with van der Waals surface area (Å²) in [4.78, 5) is 50.4. The summed E-state index contributed by atoms with van der Waals surface area (Å²) in [7, 11) is 0. The number of primary amides is 1. The summed E-state index contributed by atoms with van der Waals surface area (Å²) >= 11 is 0. The highest BCUT2D eigenvalue weighted by Crippen LogP contribution is 2.20. The molecular formula is C31H44N4O7. The van der Waals surface area contributed by atoms with Crippen LogP contribution in [0.3, 0.4) is 0 Å². The van der Waals surface area contributed by atoms with Crippen molar-refractivity contribution in [2.75, 3.05) is 0 Å². The van der Waals surface area contributed by atoms with Crippen molar-refractivity contribution in [3.05, 3.63) is 71.8 Å². The van der Waals surface area contributed by atoms with Crippen LogP contribution in [0, 0.1) is 5.92 Å². The number of rotatable bonds is 14. The van der Waals surface area contributed by atoms with Crippen LogP contribution >= 0.6 is 0 Å². The smallest absolute Gasteiger partial charge is 0.407 e. The van der Waals surface area contributed by atoms with Crippen molar-refractivity contribution in [2.45, 2.75) is 89.8 Å². The number of benzene rings is 2. The minimum Gasteiger partial charge on any atom is -0.444 e. The maximum atomic E-state index is 13.5. The lowest BCUT2D eigenvalue weighted by molar-refractivity contribution is -0.133. The van der Waals surface area contributed by atoms with Gasteiger partial charge in [0.15, 0.2) is 0 Å². The lowest BCUT2D eigenvalue weighted by Gasteiger charge is -2.29. The molecule has 11 nitrogen and oxygen atoms in total. The largest absolute Gasteiger partial charge is 0.444 e. The predicted octanol–water partition coefficient (Wildman–Crippen LogP) is 1.59. The van der Waals surface area contributed by atoms with E-state index >= 15 is 0 Å². The third-order valence-corrected chi connectivity index (χ3v) is 6.53. The van der Waals surface area contributed by atoms with Crippen molar-refractivity contribution < 1.29 is 34.1 Å². The second-order valence-corrected chi connectivity index (χ2v) is 11.5. The van der Waals surface area contributed by atoms with Gasteiger partial charge in [-0.3, -0.25) is 14.4 Å². The first kappa shape index (κ1) is 34.2. The van der Waals surface area contributed by atoms with Crippen LogP contribution in [0.4, 0.5) is 4.79 Å². The Morgan fingerprint density at radius 2 is 1.33 bits per heavy atom. The summed E-state index contributed by atoms with van der Waals surface area (Å²) in [5, 5.41) is 28.9. The fraction of sp³-hybridized carbons (Fsp3) is 0.484. The Morgan fingerprint density at radius 3 is 1.81 bits per heavy atom. The van der Waals surface area contributed by atoms with Crippen LogP contribution in [0.15, 0.2) is 60.7 Å². The van der Waals surface area contributed by atoms with Crippen molar-refractivity contribution in [1.29, 1.82) is 0 Å². The zero-order valence-corrected chi connectivity index (χ0v) is 24.9. The van der Waals surface area contributed by atoms with Gasteiger partial charge in [-0.25, -0.2) is 4.79 Å². The Labute approximate surface area is 247 Å². The second kappa shape index (κ2) is 15.9. The van der Waals surface area contributed by atoms with E-state index in [4.69, 9.17) is 10.5 Å². The molecule has 7 N–H and O–H groups in total. The van der Waals surface area contributed by atoms with Crippen molar-refractivity contribution in [3.8, 4) is 0 Å². The number of carbonyl (C=O) groups excluding carboxylic acids is 4. The van der Waals surface area contributed by atoms with Crippen LogP contribution in [-0.4, -0.2) is 70.0 Å². The molecule has 0 radical (unpaired) electrons. The molecule has 0 bridgehead atoms. The second-order valence-electron chi connectivity index (χ2n) is 11.5. The summed E-state index contributed by atoms with van der Waals surface area (Å²) in [6.45, 7) is 7.96. The quantitative estimate of drug-likeness (QED) is 0.195. The van der Waals surface area contributed by atoms with Gasteiger partial charge in [-0.2, -0.15) is 0 Å². The SMILES string of the molecule is C[C@H](NC(=O)[C@H](Cc1ccccc1)C[C@@H](O)[C@H](Cc1ccccc1)NC(=O)OC(C)(C)C)C(=O)N[C@H](C(N)=O)[C@H](C)O. The van der Waals surface area contributed by atoms with Gasteiger partial charge in [0.25, 0.3) is 0 Å². The molecule has 0 spiro atoms. The lowest BCUT2D eigenvalue weighted by atomic mass is 9.88. The number of amides is 4. The van der Waals surface area contributed by atoms with Crippen LogP contribution in [0.2, 0.25) is 0 Å². The zero-order valence-electron chi connectivity index (χ0n) is 24.9. The number of nitrogens with two attached hydrogens (primary N) is 1. The van der Waals surface area contributed by atoms with Crippen molar-refractivity contribution in [1.82, 2.24) is 16.0 Å². The van der Waals surface area contributed by atoms with E-state index in [0.29, 0.717) is 0 Å². The zero-order chi connectivity index (χ0) is 31.4. The Bertz CT molecular complexity index is 1170. The molecule has 6 atom stereocenters. The Kier molecular flexibility index (Phi) is 12.9. The molecule has 0 aliphatic rings. The van der Waals surface area contributed by atoms with E-state index in [-0.39, 0.29) is 19.3 Å². The van der Waals surface area contributed by atoms with Crippen molar-refractivity contribution >= 4 is 23.8 Å². The molecule has 0 unspecified atom stereocenters. The Balaban J connectivity index is 2.25. The molecule has 2 aromatic rings. The first-order valence-corrected chi connectivity index (χ1v) is 14.0. The molecule has 0 aliphatic carbocycles. The monoisotopic (exact) mass is 584 g/mol. The Hall–Kier alpha value is -3.96. The van der Waals surface area contributed by atoms with E-state index < -0.39 is 65.7 Å². The van der Waals surface area contributed by atoms with E-state index in [1.807, 2.05) is 60.7 Å². The molecule has 230 valence electrons. The highest BCUT2D eigenvalue weighted by atomic mass is 16.6. The van der Waals surface area contributed by atoms with Crippen LogP contribution in [0.25, 0.3) is 0 Å². The fourth-order valence-electron chi connectivity index (χ4n) is 4.35. The molecule has 0 aliphatic heterocycles. The number of alkyl carbamates (subject to hydrolysis) is 1. The number of aliphatic hydroxyl groups excluding tert-OH is 2. The molecule has 11 heteroatoms. The summed E-state index contributed by atoms with van der Waals surface area (Å²) in [5.41, 5.74) is 6.22. The first-order chi connectivity index (χ1) is 19.7. The van der Waals surface area contributed by atoms with Gasteiger partial charge in [0.1, 0.15) is 17.7 Å². The fourth-order valence-corrected chi connectivity index (χ4v) is 4.35. The molecule has 2 rings (SSSR count). The van der Waals surface area contributed by atoms with E-state index in [1.165, 1.54) is 13.8 Å². The normalized spacial score (nSPS) is 15.7. The molecule has 0 fully saturated rings. The molecular weight excluding hydrogens is 540 g/mol. The van der Waals surface area contributed by atoms with E-state index in [2.05, 4.69) is 16.0 Å². The molecule has 2 aromatic carbocycles. The highest BCUT2D eigenvalue weighted by molar-refractivity contribution is 5.92. The first-order valence-electron chi connectivity index (χ1n) is 14.0. The van der Waals surface area contributed by atoms with Crippen LogP contribution < -0.4 is 21.7 Å². The molecule has 4 amide bonds. The summed E-state index contributed by atoms with van der Waals surface area (Å²) in [5.74, 6) is -2.92. The third-order valence-electron chi connectivity index (χ3n) is 6.53. The van der Waals surface area contributed by atoms with Crippen LogP contribution in [-0.2, 0) is 32.0 Å². The van der Waals surface area contributed by atoms with Gasteiger partial charge in [0.2, 0.25) is 17.7 Å². The van der Waals surface area contributed by atoms with E-state index in [1.54, 1.807) is 20.8 Å². The van der Waals surface area contributed by atoms with Gasteiger partial charge in [-0.1, -0.05) is 60.7 Å². The Morgan fingerprint density at radius 1 is 0.810 bits per heavy atom. The topological polar surface area (TPSA) is 180 Å². The number of hydrogen-bond donors (Lipinski definition) is 6. The molecule has 0 saturated heterocycles. The van der Waals surface area contributed by atoms with E-state index in [0.717, 1.165) is 11.1 Å². The lowest BCUT2D eigenvalue weighted by Crippen LogP contribution is -2.56. The number of nitrogens with one attached hydrogen (secondary N) is 3. The molecule has 42 heavy (non-hydrogen) atoms. The van der Waals surface area contributed by atoms with Gasteiger partial charge < -0.3 is 36.6 Å². The highest BCUT2D eigenvalue weighted by Gasteiger charge is 2.32. The summed E-state index contributed by atoms with van der Waals surface area (Å²) < 4.78 is 5.41. The predicted molar refractivity (Wildman–Crippen MR) is 158 cm³/mol. The summed E-state index contributed by atoms with van der Waals surface area (Å²) in [6, 6.07) is 15.3. The minimum atomic E-state index is -1.32. The van der Waals surface area contributed by atoms with Gasteiger partial charge in [-0.15, -0.1) is 0 Å². The maximum absolute atomic E-state index is 13.5. The maximum Gasteiger partial charge on any atom is 0.407 e. The minimum absolute atomic E-state index is 0.0417. The standard InChI is InChI=1S/C31H44N4O7/c1-19(28(39)35-26(20(2)36)27(32)38)33-29(40)23(16-21-12-8-6-9-13-21)18-25(37)24(17-22-14-10-7-11-15-22)34-30(41)42-31(3,4)5/h6-15,19-20,23-26,36-37H,16-18H2,1-5H3,(H2,32,38)(H,33,40)(H,34,41)(H,35,39)/t19-,20-,23+,24-,25+,26-/m0/s1. The molecule has 0 saturated carbocycles.